The van der Waals surface area contributed by atoms with Gasteiger partial charge in [0.2, 0.25) is 5.91 Å². The molecule has 3 aromatic carbocycles. The van der Waals surface area contributed by atoms with Crippen LogP contribution in [0.2, 0.25) is 0 Å². The summed E-state index contributed by atoms with van der Waals surface area (Å²) in [4.78, 5) is 17.5. The highest BCUT2D eigenvalue weighted by Crippen LogP contribution is 2.36. The molecule has 0 aliphatic carbocycles. The molecule has 6 nitrogen and oxygen atoms in total. The molecular weight excluding hydrogens is 448 g/mol. The third-order valence-electron chi connectivity index (χ3n) is 5.25. The highest BCUT2D eigenvalue weighted by atomic mass is 32.2. The number of nitrogens with one attached hydrogen (secondary N) is 1. The summed E-state index contributed by atoms with van der Waals surface area (Å²) in [6.45, 7) is 2.21. The number of thioether (sulfide) groups is 1. The van der Waals surface area contributed by atoms with Gasteiger partial charge in [-0.15, -0.1) is 0 Å². The number of methoxy groups -OCH3 is 2. The van der Waals surface area contributed by atoms with Crippen molar-refractivity contribution in [3.63, 3.8) is 0 Å². The van der Waals surface area contributed by atoms with Crippen LogP contribution in [0.15, 0.2) is 88.5 Å². The van der Waals surface area contributed by atoms with E-state index in [-0.39, 0.29) is 5.91 Å². The van der Waals surface area contributed by atoms with Gasteiger partial charge in [0.15, 0.2) is 17.3 Å². The quantitative estimate of drug-likeness (QED) is 0.308. The average molecular weight is 475 g/mol. The Hall–Kier alpha value is -3.71. The van der Waals surface area contributed by atoms with E-state index < -0.39 is 5.25 Å². The molecule has 1 N–H and O–H groups in total. The van der Waals surface area contributed by atoms with Crippen LogP contribution in [0.4, 0.5) is 0 Å². The Morgan fingerprint density at radius 2 is 1.59 bits per heavy atom. The van der Waals surface area contributed by atoms with Gasteiger partial charge >= 0.3 is 0 Å². The lowest BCUT2D eigenvalue weighted by Crippen LogP contribution is -2.30. The molecule has 4 aromatic rings. The molecule has 1 amide bonds. The fraction of sp³-hybridized carbons (Fsp3) is 0.185. The lowest BCUT2D eigenvalue weighted by atomic mass is 10.1. The summed E-state index contributed by atoms with van der Waals surface area (Å²) in [6.07, 6.45) is 0. The van der Waals surface area contributed by atoms with E-state index in [0.717, 1.165) is 22.4 Å². The van der Waals surface area contributed by atoms with Gasteiger partial charge in [-0.1, -0.05) is 78.5 Å². The maximum Gasteiger partial charge on any atom is 0.257 e. The third kappa shape index (κ3) is 5.43. The number of ether oxygens (including phenoxy) is 2. The van der Waals surface area contributed by atoms with Crippen molar-refractivity contribution in [2.45, 2.75) is 23.9 Å². The number of carbonyl (C=O) groups is 1. The summed E-state index contributed by atoms with van der Waals surface area (Å²) < 4.78 is 16.7. The van der Waals surface area contributed by atoms with Gasteiger partial charge in [0.1, 0.15) is 5.69 Å². The smallest absolute Gasteiger partial charge is 0.257 e. The zero-order valence-electron chi connectivity index (χ0n) is 19.3. The molecule has 7 heteroatoms. The molecule has 0 radical (unpaired) electrons. The number of hydrogen-bond acceptors (Lipinski definition) is 6. The first-order chi connectivity index (χ1) is 16.6. The summed E-state index contributed by atoms with van der Waals surface area (Å²) in [5.41, 5.74) is 3.57. The second-order valence-electron chi connectivity index (χ2n) is 7.56. The van der Waals surface area contributed by atoms with E-state index in [1.54, 1.807) is 14.2 Å². The first-order valence-electron chi connectivity index (χ1n) is 10.9. The Morgan fingerprint density at radius 1 is 0.941 bits per heavy atom. The van der Waals surface area contributed by atoms with E-state index in [9.17, 15) is 4.79 Å². The topological polar surface area (TPSA) is 73.6 Å². The molecule has 0 saturated heterocycles. The van der Waals surface area contributed by atoms with E-state index in [1.165, 1.54) is 11.8 Å². The Bertz CT molecular complexity index is 1190. The van der Waals surface area contributed by atoms with Crippen LogP contribution in [0.25, 0.3) is 22.6 Å². The van der Waals surface area contributed by atoms with Crippen LogP contribution in [-0.2, 0) is 11.3 Å². The Balaban J connectivity index is 1.48. The van der Waals surface area contributed by atoms with Crippen molar-refractivity contribution in [3.05, 3.63) is 84.4 Å². The summed E-state index contributed by atoms with van der Waals surface area (Å²) >= 11 is 1.29. The summed E-state index contributed by atoms with van der Waals surface area (Å²) in [7, 11) is 3.18. The third-order valence-corrected chi connectivity index (χ3v) is 6.20. The molecule has 1 heterocycles. The maximum atomic E-state index is 12.8. The van der Waals surface area contributed by atoms with Gasteiger partial charge in [0.25, 0.3) is 5.22 Å². The van der Waals surface area contributed by atoms with Gasteiger partial charge in [-0.2, -0.15) is 0 Å². The first-order valence-corrected chi connectivity index (χ1v) is 11.7. The van der Waals surface area contributed by atoms with Crippen molar-refractivity contribution in [2.24, 2.45) is 0 Å². The number of amides is 1. The highest BCUT2D eigenvalue weighted by Gasteiger charge is 2.22. The van der Waals surface area contributed by atoms with Crippen molar-refractivity contribution in [2.75, 3.05) is 14.2 Å². The zero-order valence-corrected chi connectivity index (χ0v) is 20.1. The molecule has 0 aliphatic rings. The molecule has 0 saturated carbocycles. The van der Waals surface area contributed by atoms with Gasteiger partial charge in [0, 0.05) is 17.7 Å². The SMILES string of the molecule is COc1ccc(CNC(=O)C(C)Sc2nc(-c3ccccc3)c(-c3ccccc3)o2)cc1OC. The van der Waals surface area contributed by atoms with E-state index in [1.807, 2.05) is 85.8 Å². The Morgan fingerprint density at radius 3 is 2.24 bits per heavy atom. The van der Waals surface area contributed by atoms with Crippen LogP contribution in [-0.4, -0.2) is 30.4 Å². The summed E-state index contributed by atoms with van der Waals surface area (Å²) in [5, 5.41) is 3.02. The Labute approximate surface area is 203 Å². The fourth-order valence-electron chi connectivity index (χ4n) is 3.46. The minimum absolute atomic E-state index is 0.111. The number of carbonyl (C=O) groups excluding carboxylic acids is 1. The molecule has 1 unspecified atom stereocenters. The lowest BCUT2D eigenvalue weighted by molar-refractivity contribution is -0.120. The van der Waals surface area contributed by atoms with Crippen LogP contribution in [0, 0.1) is 0 Å². The Kier molecular flexibility index (Phi) is 7.54. The number of aromatic nitrogens is 1. The molecular formula is C27H26N2O4S. The maximum absolute atomic E-state index is 12.8. The number of hydrogen-bond donors (Lipinski definition) is 1. The fourth-order valence-corrected chi connectivity index (χ4v) is 4.22. The van der Waals surface area contributed by atoms with Crippen LogP contribution < -0.4 is 14.8 Å². The van der Waals surface area contributed by atoms with E-state index in [2.05, 4.69) is 5.32 Å². The largest absolute Gasteiger partial charge is 0.493 e. The van der Waals surface area contributed by atoms with Gasteiger partial charge in [-0.3, -0.25) is 4.79 Å². The predicted octanol–water partition coefficient (Wildman–Crippen LogP) is 5.82. The molecule has 4 rings (SSSR count). The molecule has 1 aromatic heterocycles. The standard InChI is InChI=1S/C27H26N2O4S/c1-18(26(30)28-17-19-14-15-22(31-2)23(16-19)32-3)34-27-29-24(20-10-6-4-7-11-20)25(33-27)21-12-8-5-9-13-21/h4-16,18H,17H2,1-3H3,(H,28,30). The minimum atomic E-state index is -0.397. The van der Waals surface area contributed by atoms with Crippen LogP contribution >= 0.6 is 11.8 Å². The molecule has 0 spiro atoms. The van der Waals surface area contributed by atoms with Crippen molar-refractivity contribution in [1.82, 2.24) is 10.3 Å². The van der Waals surface area contributed by atoms with Crippen LogP contribution in [0.5, 0.6) is 11.5 Å². The van der Waals surface area contributed by atoms with Gasteiger partial charge in [0.05, 0.1) is 19.5 Å². The van der Waals surface area contributed by atoms with E-state index in [0.29, 0.717) is 29.0 Å². The molecule has 1 atom stereocenters. The summed E-state index contributed by atoms with van der Waals surface area (Å²) in [5.74, 6) is 1.85. The van der Waals surface area contributed by atoms with E-state index in [4.69, 9.17) is 18.9 Å². The molecule has 174 valence electrons. The zero-order chi connectivity index (χ0) is 23.9. The number of benzene rings is 3. The van der Waals surface area contributed by atoms with Crippen molar-refractivity contribution >= 4 is 17.7 Å². The second kappa shape index (κ2) is 10.9. The van der Waals surface area contributed by atoms with Gasteiger partial charge in [-0.05, 0) is 24.6 Å². The van der Waals surface area contributed by atoms with E-state index >= 15 is 0 Å². The highest BCUT2D eigenvalue weighted by molar-refractivity contribution is 8.00. The molecule has 34 heavy (non-hydrogen) atoms. The monoisotopic (exact) mass is 474 g/mol. The number of nitrogens with zero attached hydrogens (tertiary/aromatic N) is 1. The van der Waals surface area contributed by atoms with Gasteiger partial charge in [-0.25, -0.2) is 4.98 Å². The predicted molar refractivity (Wildman–Crippen MR) is 134 cm³/mol. The summed E-state index contributed by atoms with van der Waals surface area (Å²) in [6, 6.07) is 25.3. The second-order valence-corrected chi connectivity index (χ2v) is 8.85. The minimum Gasteiger partial charge on any atom is -0.493 e. The van der Waals surface area contributed by atoms with Crippen LogP contribution in [0.1, 0.15) is 12.5 Å². The van der Waals surface area contributed by atoms with Crippen molar-refractivity contribution in [3.8, 4) is 34.1 Å². The average Bonchev–Trinajstić information content (AvgIpc) is 3.31. The molecule has 0 aliphatic heterocycles. The normalized spacial score (nSPS) is 11.6. The number of oxazole rings is 1. The van der Waals surface area contributed by atoms with Crippen molar-refractivity contribution < 1.29 is 18.7 Å². The number of rotatable bonds is 9. The van der Waals surface area contributed by atoms with Crippen LogP contribution in [0.3, 0.4) is 0 Å². The molecule has 0 bridgehead atoms. The van der Waals surface area contributed by atoms with Crippen molar-refractivity contribution in [1.29, 1.82) is 0 Å². The molecule has 0 fully saturated rings. The first kappa shape index (κ1) is 23.4. The van der Waals surface area contributed by atoms with Gasteiger partial charge < -0.3 is 19.2 Å². The lowest BCUT2D eigenvalue weighted by Gasteiger charge is -2.12.